The lowest BCUT2D eigenvalue weighted by Crippen LogP contribution is -2.58. The van der Waals surface area contributed by atoms with E-state index in [1.165, 1.54) is 32.1 Å². The molecule has 0 aromatic carbocycles. The van der Waals surface area contributed by atoms with Crippen molar-refractivity contribution in [1.29, 1.82) is 0 Å². The average molecular weight is 228 g/mol. The van der Waals surface area contributed by atoms with E-state index in [4.69, 9.17) is 10.5 Å². The first-order chi connectivity index (χ1) is 7.70. The molecule has 0 amide bonds. The van der Waals surface area contributed by atoms with Crippen LogP contribution in [-0.4, -0.2) is 43.3 Å². The Labute approximate surface area is 100 Å². The van der Waals surface area contributed by atoms with E-state index in [1.54, 1.807) is 7.11 Å². The normalized spacial score (nSPS) is 22.3. The molecule has 3 nitrogen and oxygen atoms in total. The van der Waals surface area contributed by atoms with Gasteiger partial charge >= 0.3 is 0 Å². The first-order valence-electron chi connectivity index (χ1n) is 6.66. The quantitative estimate of drug-likeness (QED) is 0.756. The molecule has 0 aliphatic heterocycles. The van der Waals surface area contributed by atoms with Crippen molar-refractivity contribution in [2.45, 2.75) is 57.5 Å². The summed E-state index contributed by atoms with van der Waals surface area (Å²) in [6.45, 7) is 7.14. The van der Waals surface area contributed by atoms with Gasteiger partial charge in [-0.1, -0.05) is 26.2 Å². The topological polar surface area (TPSA) is 38.5 Å². The summed E-state index contributed by atoms with van der Waals surface area (Å²) in [7, 11) is 1.78. The van der Waals surface area contributed by atoms with Gasteiger partial charge in [0.15, 0.2) is 0 Å². The SMILES string of the molecule is CCN(C(C)COC)C1(CN)CCCCC1. The number of nitrogens with two attached hydrogens (primary N) is 1. The number of hydrogen-bond donors (Lipinski definition) is 1. The molecule has 3 heteroatoms. The van der Waals surface area contributed by atoms with Crippen LogP contribution in [0.25, 0.3) is 0 Å². The van der Waals surface area contributed by atoms with E-state index in [2.05, 4.69) is 18.7 Å². The Morgan fingerprint density at radius 2 is 1.94 bits per heavy atom. The van der Waals surface area contributed by atoms with Gasteiger partial charge in [0, 0.05) is 25.2 Å². The molecule has 1 rings (SSSR count). The molecular formula is C13H28N2O. The second-order valence-electron chi connectivity index (χ2n) is 5.08. The molecule has 16 heavy (non-hydrogen) atoms. The smallest absolute Gasteiger partial charge is 0.0615 e. The van der Waals surface area contributed by atoms with E-state index in [9.17, 15) is 0 Å². The summed E-state index contributed by atoms with van der Waals surface area (Å²) in [5, 5.41) is 0. The van der Waals surface area contributed by atoms with E-state index in [-0.39, 0.29) is 5.54 Å². The Hall–Kier alpha value is -0.120. The molecule has 0 bridgehead atoms. The second-order valence-corrected chi connectivity index (χ2v) is 5.08. The highest BCUT2D eigenvalue weighted by molar-refractivity contribution is 4.95. The zero-order valence-corrected chi connectivity index (χ0v) is 11.2. The van der Waals surface area contributed by atoms with Gasteiger partial charge in [-0.2, -0.15) is 0 Å². The maximum Gasteiger partial charge on any atom is 0.0615 e. The van der Waals surface area contributed by atoms with E-state index >= 15 is 0 Å². The minimum absolute atomic E-state index is 0.241. The Morgan fingerprint density at radius 1 is 1.31 bits per heavy atom. The third-order valence-electron chi connectivity index (χ3n) is 4.05. The van der Waals surface area contributed by atoms with Crippen molar-refractivity contribution in [3.05, 3.63) is 0 Å². The fourth-order valence-corrected chi connectivity index (χ4v) is 3.26. The van der Waals surface area contributed by atoms with Crippen LogP contribution in [0.2, 0.25) is 0 Å². The molecule has 0 radical (unpaired) electrons. The fraction of sp³-hybridized carbons (Fsp3) is 1.00. The molecule has 0 heterocycles. The van der Waals surface area contributed by atoms with Gasteiger partial charge in [0.25, 0.3) is 0 Å². The van der Waals surface area contributed by atoms with Gasteiger partial charge in [0.1, 0.15) is 0 Å². The van der Waals surface area contributed by atoms with Crippen molar-refractivity contribution in [1.82, 2.24) is 4.90 Å². The van der Waals surface area contributed by atoms with Crippen LogP contribution < -0.4 is 5.73 Å². The van der Waals surface area contributed by atoms with Crippen molar-refractivity contribution in [3.63, 3.8) is 0 Å². The van der Waals surface area contributed by atoms with Crippen molar-refractivity contribution in [3.8, 4) is 0 Å². The second kappa shape index (κ2) is 6.58. The predicted octanol–water partition coefficient (Wildman–Crippen LogP) is 2.00. The van der Waals surface area contributed by atoms with Crippen LogP contribution in [0.3, 0.4) is 0 Å². The van der Waals surface area contributed by atoms with Crippen LogP contribution in [0.4, 0.5) is 0 Å². The summed E-state index contributed by atoms with van der Waals surface area (Å²) in [6.07, 6.45) is 6.54. The average Bonchev–Trinajstić information content (AvgIpc) is 2.31. The highest BCUT2D eigenvalue weighted by atomic mass is 16.5. The highest BCUT2D eigenvalue weighted by Gasteiger charge is 2.37. The first kappa shape index (κ1) is 13.9. The lowest BCUT2D eigenvalue weighted by atomic mass is 9.79. The van der Waals surface area contributed by atoms with Crippen molar-refractivity contribution < 1.29 is 4.74 Å². The standard InChI is InChI=1S/C13H28N2O/c1-4-15(12(2)10-16-3)13(11-14)8-6-5-7-9-13/h12H,4-11,14H2,1-3H3. The third kappa shape index (κ3) is 2.96. The first-order valence-corrected chi connectivity index (χ1v) is 6.66. The molecule has 96 valence electrons. The molecular weight excluding hydrogens is 200 g/mol. The van der Waals surface area contributed by atoms with Gasteiger partial charge in [0.2, 0.25) is 0 Å². The largest absolute Gasteiger partial charge is 0.383 e. The number of methoxy groups -OCH3 is 1. The number of nitrogens with zero attached hydrogens (tertiary/aromatic N) is 1. The Morgan fingerprint density at radius 3 is 2.38 bits per heavy atom. The van der Waals surface area contributed by atoms with E-state index in [0.717, 1.165) is 19.7 Å². The lowest BCUT2D eigenvalue weighted by Gasteiger charge is -2.48. The van der Waals surface area contributed by atoms with Gasteiger partial charge in [-0.05, 0) is 26.3 Å². The summed E-state index contributed by atoms with van der Waals surface area (Å²) < 4.78 is 5.28. The summed E-state index contributed by atoms with van der Waals surface area (Å²) in [5.74, 6) is 0. The van der Waals surface area contributed by atoms with E-state index in [0.29, 0.717) is 6.04 Å². The Bertz CT molecular complexity index is 190. The molecule has 1 saturated carbocycles. The lowest BCUT2D eigenvalue weighted by molar-refractivity contribution is -0.000912. The third-order valence-corrected chi connectivity index (χ3v) is 4.05. The zero-order valence-electron chi connectivity index (χ0n) is 11.2. The molecule has 1 fully saturated rings. The number of ether oxygens (including phenoxy) is 1. The summed E-state index contributed by atoms with van der Waals surface area (Å²) in [5.41, 5.74) is 6.31. The summed E-state index contributed by atoms with van der Waals surface area (Å²) >= 11 is 0. The van der Waals surface area contributed by atoms with Gasteiger partial charge in [-0.25, -0.2) is 0 Å². The molecule has 0 aromatic heterocycles. The molecule has 1 atom stereocenters. The molecule has 0 aromatic rings. The van der Waals surface area contributed by atoms with Crippen LogP contribution >= 0.6 is 0 Å². The van der Waals surface area contributed by atoms with Gasteiger partial charge in [0.05, 0.1) is 6.61 Å². The zero-order chi connectivity index (χ0) is 12.0. The van der Waals surface area contributed by atoms with Crippen molar-refractivity contribution in [2.24, 2.45) is 5.73 Å². The molecule has 1 aliphatic carbocycles. The summed E-state index contributed by atoms with van der Waals surface area (Å²) in [4.78, 5) is 2.57. The highest BCUT2D eigenvalue weighted by Crippen LogP contribution is 2.34. The van der Waals surface area contributed by atoms with Crippen LogP contribution in [-0.2, 0) is 4.74 Å². The maximum atomic E-state index is 6.07. The number of rotatable bonds is 6. The van der Waals surface area contributed by atoms with Crippen LogP contribution in [0.1, 0.15) is 46.0 Å². The van der Waals surface area contributed by atoms with Crippen LogP contribution in [0.5, 0.6) is 0 Å². The van der Waals surface area contributed by atoms with Gasteiger partial charge in [-0.15, -0.1) is 0 Å². The van der Waals surface area contributed by atoms with E-state index < -0.39 is 0 Å². The molecule has 0 spiro atoms. The monoisotopic (exact) mass is 228 g/mol. The Kier molecular flexibility index (Phi) is 5.73. The number of likely N-dealkylation sites (N-methyl/N-ethyl adjacent to an activating group) is 1. The van der Waals surface area contributed by atoms with Gasteiger partial charge < -0.3 is 10.5 Å². The van der Waals surface area contributed by atoms with Crippen LogP contribution in [0, 0.1) is 0 Å². The maximum absolute atomic E-state index is 6.07. The van der Waals surface area contributed by atoms with Crippen molar-refractivity contribution >= 4 is 0 Å². The van der Waals surface area contributed by atoms with Crippen LogP contribution in [0.15, 0.2) is 0 Å². The van der Waals surface area contributed by atoms with Crippen molar-refractivity contribution in [2.75, 3.05) is 26.8 Å². The minimum atomic E-state index is 0.241. The molecule has 1 unspecified atom stereocenters. The molecule has 1 aliphatic rings. The molecule has 0 saturated heterocycles. The number of hydrogen-bond acceptors (Lipinski definition) is 3. The summed E-state index contributed by atoms with van der Waals surface area (Å²) in [6, 6.07) is 0.469. The van der Waals surface area contributed by atoms with E-state index in [1.807, 2.05) is 0 Å². The molecule has 2 N–H and O–H groups in total. The Balaban J connectivity index is 2.72. The predicted molar refractivity (Wildman–Crippen MR) is 68.6 cm³/mol. The van der Waals surface area contributed by atoms with Gasteiger partial charge in [-0.3, -0.25) is 4.90 Å². The minimum Gasteiger partial charge on any atom is -0.383 e. The fourth-order valence-electron chi connectivity index (χ4n) is 3.26.